The number of hydrogen-bond acceptors (Lipinski definition) is 6. The highest BCUT2D eigenvalue weighted by Gasteiger charge is 2.44. The summed E-state index contributed by atoms with van der Waals surface area (Å²) in [6, 6.07) is 31.8. The van der Waals surface area contributed by atoms with E-state index in [0.29, 0.717) is 18.7 Å². The van der Waals surface area contributed by atoms with Crippen LogP contribution in [-0.2, 0) is 4.79 Å². The van der Waals surface area contributed by atoms with E-state index in [-0.39, 0.29) is 24.1 Å². The molecule has 0 aliphatic rings. The van der Waals surface area contributed by atoms with Gasteiger partial charge in [-0.25, -0.2) is 0 Å². The average Bonchev–Trinajstić information content (AvgIpc) is 2.94. The van der Waals surface area contributed by atoms with E-state index in [9.17, 15) is 4.79 Å². The lowest BCUT2D eigenvalue weighted by Crippen LogP contribution is -2.38. The average molecular weight is 535 g/mol. The van der Waals surface area contributed by atoms with Crippen LogP contribution in [0.2, 0.25) is 0 Å². The Hall–Kier alpha value is -3.65. The molecule has 192 valence electrons. The fourth-order valence-corrected chi connectivity index (χ4v) is 8.23. The molecule has 3 aromatic rings. The third kappa shape index (κ3) is 8.18. The quantitative estimate of drug-likeness (QED) is 0.0744. The highest BCUT2D eigenvalue weighted by Crippen LogP contribution is 2.54. The summed E-state index contributed by atoms with van der Waals surface area (Å²) in [5.41, 5.74) is 16.5. The highest BCUT2D eigenvalue weighted by atomic mass is 32.1. The van der Waals surface area contributed by atoms with Crippen molar-refractivity contribution in [3.63, 3.8) is 0 Å². The Labute approximate surface area is 223 Å². The van der Waals surface area contributed by atoms with Crippen LogP contribution >= 0.6 is 19.5 Å². The predicted molar refractivity (Wildman–Crippen MR) is 160 cm³/mol. The van der Waals surface area contributed by atoms with E-state index in [1.807, 2.05) is 18.2 Å². The Morgan fingerprint density at radius 1 is 0.865 bits per heavy atom. The van der Waals surface area contributed by atoms with Gasteiger partial charge in [0.1, 0.15) is 23.2 Å². The maximum absolute atomic E-state index is 12.8. The van der Waals surface area contributed by atoms with Crippen molar-refractivity contribution in [3.05, 3.63) is 91.0 Å². The fraction of sp³-hybridized carbons (Fsp3) is 0.185. The number of thiocarbonyl (C=S) groups is 1. The maximum Gasteiger partial charge on any atom is 0.220 e. The number of hydrazone groups is 2. The molecule has 0 aliphatic heterocycles. The van der Waals surface area contributed by atoms with Crippen LogP contribution < -0.4 is 43.5 Å². The number of nitrogens with zero attached hydrogens (tertiary/aromatic N) is 2. The van der Waals surface area contributed by atoms with E-state index in [1.165, 1.54) is 22.1 Å². The lowest BCUT2D eigenvalue weighted by atomic mass is 10.2. The molecule has 0 atom stereocenters. The molecule has 0 saturated carbocycles. The second-order valence-electron chi connectivity index (χ2n) is 8.09. The molecular weight excluding hydrogens is 501 g/mol. The smallest absolute Gasteiger partial charge is 0.220 e. The van der Waals surface area contributed by atoms with E-state index in [2.05, 4.69) is 99.2 Å². The van der Waals surface area contributed by atoms with E-state index in [1.54, 1.807) is 0 Å². The van der Waals surface area contributed by atoms with Gasteiger partial charge in [0.15, 0.2) is 5.11 Å². The third-order valence-electron chi connectivity index (χ3n) is 5.67. The van der Waals surface area contributed by atoms with Gasteiger partial charge in [0.25, 0.3) is 0 Å². The van der Waals surface area contributed by atoms with Gasteiger partial charge in [-0.3, -0.25) is 15.6 Å². The molecule has 0 fully saturated rings. The minimum Gasteiger partial charge on any atom is -0.375 e. The molecule has 37 heavy (non-hydrogen) atoms. The van der Waals surface area contributed by atoms with Crippen LogP contribution in [0.1, 0.15) is 12.8 Å². The summed E-state index contributed by atoms with van der Waals surface area (Å²) in [7, 11) is -2.01. The summed E-state index contributed by atoms with van der Waals surface area (Å²) in [4.78, 5) is 12.8. The first-order valence-electron chi connectivity index (χ1n) is 12.0. The number of carbonyl (C=O) groups is 1. The zero-order valence-electron chi connectivity index (χ0n) is 20.6. The molecule has 0 aliphatic carbocycles. The molecule has 0 radical (unpaired) electrons. The van der Waals surface area contributed by atoms with Gasteiger partial charge in [0, 0.05) is 12.8 Å². The van der Waals surface area contributed by atoms with Crippen molar-refractivity contribution in [2.45, 2.75) is 12.8 Å². The third-order valence-corrected chi connectivity index (χ3v) is 10.2. The molecule has 0 aromatic heterocycles. The molecule has 0 heterocycles. The Balaban J connectivity index is 1.77. The Morgan fingerprint density at radius 3 is 1.84 bits per heavy atom. The molecule has 0 unspecified atom stereocenters. The zero-order valence-corrected chi connectivity index (χ0v) is 22.3. The maximum atomic E-state index is 12.8. The topological polar surface area (TPSA) is 130 Å². The monoisotopic (exact) mass is 534 g/mol. The van der Waals surface area contributed by atoms with Gasteiger partial charge in [0.2, 0.25) is 5.91 Å². The summed E-state index contributed by atoms with van der Waals surface area (Å²) in [5.74, 6) is -0.0736. The van der Waals surface area contributed by atoms with Crippen LogP contribution in [0.5, 0.6) is 0 Å². The molecule has 3 rings (SSSR count). The summed E-state index contributed by atoms with van der Waals surface area (Å²) in [6.45, 7) is 0.716. The largest absolute Gasteiger partial charge is 0.375 e. The number of hydrogen-bond donors (Lipinski definition) is 5. The van der Waals surface area contributed by atoms with Gasteiger partial charge >= 0.3 is 0 Å². The first-order valence-corrected chi connectivity index (χ1v) is 14.3. The van der Waals surface area contributed by atoms with Crippen LogP contribution in [0.25, 0.3) is 0 Å². The number of rotatable bonds is 13. The predicted octanol–water partition coefficient (Wildman–Crippen LogP) is 1.56. The Kier molecular flexibility index (Phi) is 11.2. The van der Waals surface area contributed by atoms with Crippen molar-refractivity contribution in [1.29, 1.82) is 0 Å². The molecule has 8 nitrogen and oxygen atoms in total. The van der Waals surface area contributed by atoms with Crippen LogP contribution in [-0.4, -0.2) is 42.3 Å². The van der Waals surface area contributed by atoms with E-state index in [4.69, 9.17) is 23.7 Å². The molecule has 0 bridgehead atoms. The van der Waals surface area contributed by atoms with Gasteiger partial charge in [-0.1, -0.05) is 54.6 Å². The minimum atomic E-state index is -2.01. The van der Waals surface area contributed by atoms with Gasteiger partial charge in [-0.15, -0.1) is 0 Å². The minimum absolute atomic E-state index is 0.0326. The van der Waals surface area contributed by atoms with Crippen molar-refractivity contribution in [3.8, 4) is 0 Å². The number of amides is 1. The number of benzene rings is 3. The van der Waals surface area contributed by atoms with E-state index in [0.717, 1.165) is 6.16 Å². The van der Waals surface area contributed by atoms with Crippen molar-refractivity contribution < 1.29 is 4.79 Å². The van der Waals surface area contributed by atoms with Crippen molar-refractivity contribution >= 4 is 58.3 Å². The fourth-order valence-electron chi connectivity index (χ4n) is 4.02. The van der Waals surface area contributed by atoms with Gasteiger partial charge < -0.3 is 16.8 Å². The summed E-state index contributed by atoms with van der Waals surface area (Å²) < 4.78 is 0. The molecule has 1 amide bonds. The summed E-state index contributed by atoms with van der Waals surface area (Å²) in [5, 5.41) is 15.1. The Morgan fingerprint density at radius 2 is 1.38 bits per heavy atom. The van der Waals surface area contributed by atoms with Crippen LogP contribution in [0.4, 0.5) is 0 Å². The highest BCUT2D eigenvalue weighted by molar-refractivity contribution is 7.95. The lowest BCUT2D eigenvalue weighted by Gasteiger charge is -2.27. The Bertz CT molecular complexity index is 1090. The van der Waals surface area contributed by atoms with Crippen LogP contribution in [0, 0.1) is 0 Å². The normalized spacial score (nSPS) is 11.8. The number of nitrogens with two attached hydrogens (primary N) is 2. The molecular formula is C27H33N7OPS+. The van der Waals surface area contributed by atoms with Crippen LogP contribution in [0.3, 0.4) is 0 Å². The van der Waals surface area contributed by atoms with E-state index >= 15 is 0 Å². The first kappa shape index (κ1) is 27.9. The second-order valence-corrected chi connectivity index (χ2v) is 12.1. The van der Waals surface area contributed by atoms with Gasteiger partial charge in [0.05, 0.1) is 31.3 Å². The van der Waals surface area contributed by atoms with Crippen molar-refractivity contribution in [2.24, 2.45) is 21.7 Å². The molecule has 3 aromatic carbocycles. The molecule has 0 saturated heterocycles. The van der Waals surface area contributed by atoms with Gasteiger partial charge in [-0.2, -0.15) is 10.2 Å². The number of nitrogens with one attached hydrogen (secondary N) is 3. The molecule has 10 heteroatoms. The standard InChI is InChI=1S/C27H32N7OPS/c28-21-32-31-20-22(33-34-27(29)37)16-17-26(35)30-18-19-36(23-10-4-1-5-11-23,24-12-6-2-7-13-24)25-14-8-3-9-15-25/h1-15,20H,16-19,21,28H2,(H4-,29,30,31,32,33,34,35,37)/p+1. The molecule has 0 spiro atoms. The summed E-state index contributed by atoms with van der Waals surface area (Å²) >= 11 is 4.80. The SMILES string of the molecule is NCN/N=C/C(CCC(=O)NCC[P+](c1ccccc1)(c1ccccc1)c1ccccc1)=N/NC(N)=S. The zero-order chi connectivity index (χ0) is 26.3. The van der Waals surface area contributed by atoms with Gasteiger partial charge in [-0.05, 0) is 48.6 Å². The van der Waals surface area contributed by atoms with Crippen molar-refractivity contribution in [1.82, 2.24) is 16.2 Å². The lowest BCUT2D eigenvalue weighted by molar-refractivity contribution is -0.120. The van der Waals surface area contributed by atoms with Crippen molar-refractivity contribution in [2.75, 3.05) is 19.4 Å². The summed E-state index contributed by atoms with van der Waals surface area (Å²) in [6.07, 6.45) is 2.87. The van der Waals surface area contributed by atoms with E-state index < -0.39 is 7.26 Å². The number of carbonyl (C=O) groups excluding carboxylic acids is 1. The second kappa shape index (κ2) is 14.8. The molecule has 7 N–H and O–H groups in total. The first-order chi connectivity index (χ1) is 18.1. The van der Waals surface area contributed by atoms with Crippen LogP contribution in [0.15, 0.2) is 101 Å².